The van der Waals surface area contributed by atoms with Crippen LogP contribution in [-0.4, -0.2) is 33.3 Å². The molecular weight excluding hydrogens is 313 g/mol. The number of hydrogen-bond acceptors (Lipinski definition) is 4. The smallest absolute Gasteiger partial charge is 0.311 e. The highest BCUT2D eigenvalue weighted by Gasteiger charge is 2.28. The predicted molar refractivity (Wildman–Crippen MR) is 72.9 cm³/mol. The Bertz CT molecular complexity index is 515. The molecule has 1 aromatic carbocycles. The number of hydrogen-bond donors (Lipinski definition) is 2. The zero-order chi connectivity index (χ0) is 15.2. The zero-order valence-electron chi connectivity index (χ0n) is 10.7. The molecule has 0 amide bonds. The minimum Gasteiger partial charge on any atom is -0.311 e. The highest BCUT2D eigenvalue weighted by molar-refractivity contribution is 8.00. The predicted octanol–water partition coefficient (Wildman–Crippen LogP) is 1.94. The van der Waals surface area contributed by atoms with Crippen LogP contribution in [0.4, 0.5) is 13.2 Å². The first-order valence-electron chi connectivity index (χ1n) is 5.66. The number of sulfonamides is 1. The molecule has 2 N–H and O–H groups in total. The summed E-state index contributed by atoms with van der Waals surface area (Å²) in [6.45, 7) is 1.16. The molecule has 0 heterocycles. The fraction of sp³-hybridized carbons (Fsp3) is 0.455. The van der Waals surface area contributed by atoms with E-state index in [0.29, 0.717) is 13.1 Å². The summed E-state index contributed by atoms with van der Waals surface area (Å²) >= 11 is -0.153. The van der Waals surface area contributed by atoms with Crippen molar-refractivity contribution in [1.82, 2.24) is 10.0 Å². The Balaban J connectivity index is 2.32. The van der Waals surface area contributed by atoms with Crippen molar-refractivity contribution in [1.29, 1.82) is 0 Å². The van der Waals surface area contributed by atoms with Crippen molar-refractivity contribution >= 4 is 21.8 Å². The van der Waals surface area contributed by atoms with E-state index in [-0.39, 0.29) is 23.2 Å². The molecule has 114 valence electrons. The Morgan fingerprint density at radius 3 is 2.25 bits per heavy atom. The summed E-state index contributed by atoms with van der Waals surface area (Å²) in [7, 11) is -3.19. The van der Waals surface area contributed by atoms with E-state index in [0.717, 1.165) is 11.8 Å². The largest absolute Gasteiger partial charge is 0.446 e. The van der Waals surface area contributed by atoms with Gasteiger partial charge in [-0.2, -0.15) is 13.2 Å². The lowest BCUT2D eigenvalue weighted by atomic mass is 10.2. The van der Waals surface area contributed by atoms with Gasteiger partial charge < -0.3 is 5.32 Å². The lowest BCUT2D eigenvalue weighted by Crippen LogP contribution is -2.30. The molecule has 1 aromatic rings. The fourth-order valence-corrected chi connectivity index (χ4v) is 2.38. The fourth-order valence-electron chi connectivity index (χ4n) is 1.37. The van der Waals surface area contributed by atoms with E-state index in [2.05, 4.69) is 10.0 Å². The van der Waals surface area contributed by atoms with Gasteiger partial charge in [-0.15, -0.1) is 0 Å². The molecule has 1 rings (SSSR count). The zero-order valence-corrected chi connectivity index (χ0v) is 12.3. The molecule has 4 nitrogen and oxygen atoms in total. The van der Waals surface area contributed by atoms with Crippen LogP contribution in [0.2, 0.25) is 0 Å². The summed E-state index contributed by atoms with van der Waals surface area (Å²) in [6, 6.07) is 6.02. The molecule has 0 fully saturated rings. The maximum Gasteiger partial charge on any atom is 0.446 e. The Hall–Kier alpha value is -0.770. The SMILES string of the molecule is CS(=O)(=O)NCCNCc1ccc(SC(F)(F)F)cc1. The van der Waals surface area contributed by atoms with Crippen molar-refractivity contribution in [3.8, 4) is 0 Å². The van der Waals surface area contributed by atoms with E-state index in [1.54, 1.807) is 12.1 Å². The molecule has 0 saturated heterocycles. The third-order valence-corrected chi connectivity index (χ3v) is 3.62. The van der Waals surface area contributed by atoms with Crippen molar-refractivity contribution in [2.24, 2.45) is 0 Å². The van der Waals surface area contributed by atoms with Gasteiger partial charge in [-0.05, 0) is 29.5 Å². The second-order valence-electron chi connectivity index (χ2n) is 4.04. The van der Waals surface area contributed by atoms with Crippen LogP contribution in [0.5, 0.6) is 0 Å². The molecule has 0 aliphatic carbocycles. The maximum absolute atomic E-state index is 12.1. The monoisotopic (exact) mass is 328 g/mol. The van der Waals surface area contributed by atoms with Crippen LogP contribution >= 0.6 is 11.8 Å². The molecule has 0 aromatic heterocycles. The van der Waals surface area contributed by atoms with Gasteiger partial charge >= 0.3 is 5.51 Å². The molecule has 0 radical (unpaired) electrons. The molecule has 0 atom stereocenters. The third-order valence-electron chi connectivity index (χ3n) is 2.15. The topological polar surface area (TPSA) is 58.2 Å². The van der Waals surface area contributed by atoms with Crippen LogP contribution in [0.3, 0.4) is 0 Å². The van der Waals surface area contributed by atoms with Crippen molar-refractivity contribution in [2.45, 2.75) is 16.9 Å². The van der Waals surface area contributed by atoms with Crippen LogP contribution in [0.15, 0.2) is 29.2 Å². The average molecular weight is 328 g/mol. The van der Waals surface area contributed by atoms with Gasteiger partial charge in [0.25, 0.3) is 0 Å². The van der Waals surface area contributed by atoms with E-state index >= 15 is 0 Å². The van der Waals surface area contributed by atoms with E-state index in [1.807, 2.05) is 0 Å². The van der Waals surface area contributed by atoms with Gasteiger partial charge in [0.2, 0.25) is 10.0 Å². The highest BCUT2D eigenvalue weighted by atomic mass is 32.2. The molecule has 20 heavy (non-hydrogen) atoms. The Kier molecular flexibility index (Phi) is 6.31. The minimum absolute atomic E-state index is 0.139. The van der Waals surface area contributed by atoms with Gasteiger partial charge in [0.05, 0.1) is 6.26 Å². The molecule has 0 aliphatic heterocycles. The summed E-state index contributed by atoms with van der Waals surface area (Å²) in [5.74, 6) is 0. The van der Waals surface area contributed by atoms with Crippen molar-refractivity contribution in [2.75, 3.05) is 19.3 Å². The Morgan fingerprint density at radius 1 is 1.15 bits per heavy atom. The van der Waals surface area contributed by atoms with Gasteiger partial charge in [-0.3, -0.25) is 0 Å². The third kappa shape index (κ3) is 8.41. The minimum atomic E-state index is -4.28. The first kappa shape index (κ1) is 17.3. The van der Waals surface area contributed by atoms with Crippen LogP contribution in [0, 0.1) is 0 Å². The number of benzene rings is 1. The number of thioether (sulfide) groups is 1. The van der Waals surface area contributed by atoms with Gasteiger partial charge in [-0.1, -0.05) is 12.1 Å². The van der Waals surface area contributed by atoms with Gasteiger partial charge in [0, 0.05) is 24.5 Å². The van der Waals surface area contributed by atoms with Crippen LogP contribution in [-0.2, 0) is 16.6 Å². The van der Waals surface area contributed by atoms with Gasteiger partial charge in [0.15, 0.2) is 0 Å². The quantitative estimate of drug-likeness (QED) is 0.593. The van der Waals surface area contributed by atoms with Crippen molar-refractivity contribution in [3.63, 3.8) is 0 Å². The van der Waals surface area contributed by atoms with E-state index in [1.165, 1.54) is 12.1 Å². The van der Waals surface area contributed by atoms with E-state index < -0.39 is 15.5 Å². The summed E-state index contributed by atoms with van der Waals surface area (Å²) in [5.41, 5.74) is -3.45. The summed E-state index contributed by atoms with van der Waals surface area (Å²) < 4.78 is 60.3. The van der Waals surface area contributed by atoms with Crippen LogP contribution in [0.25, 0.3) is 0 Å². The van der Waals surface area contributed by atoms with Crippen LogP contribution in [0.1, 0.15) is 5.56 Å². The molecule has 0 saturated carbocycles. The Morgan fingerprint density at radius 2 is 1.75 bits per heavy atom. The summed E-state index contributed by atoms with van der Waals surface area (Å²) in [6.07, 6.45) is 1.07. The molecular formula is C11H15F3N2O2S2. The first-order chi connectivity index (χ1) is 9.16. The normalized spacial score (nSPS) is 12.6. The van der Waals surface area contributed by atoms with Crippen molar-refractivity contribution < 1.29 is 21.6 Å². The maximum atomic E-state index is 12.1. The number of alkyl halides is 3. The van der Waals surface area contributed by atoms with Gasteiger partial charge in [0.1, 0.15) is 0 Å². The lowest BCUT2D eigenvalue weighted by molar-refractivity contribution is -0.0328. The first-order valence-corrected chi connectivity index (χ1v) is 8.36. The second kappa shape index (κ2) is 7.30. The average Bonchev–Trinajstić information content (AvgIpc) is 2.27. The lowest BCUT2D eigenvalue weighted by Gasteiger charge is -2.08. The number of rotatable bonds is 7. The second-order valence-corrected chi connectivity index (χ2v) is 7.01. The molecule has 0 bridgehead atoms. The standard InChI is InChI=1S/C11H15F3N2O2S2/c1-20(17,18)16-7-6-15-8-9-2-4-10(5-3-9)19-11(12,13)14/h2-5,15-16H,6-8H2,1H3. The van der Waals surface area contributed by atoms with E-state index in [9.17, 15) is 21.6 Å². The van der Waals surface area contributed by atoms with Gasteiger partial charge in [-0.25, -0.2) is 13.1 Å². The summed E-state index contributed by atoms with van der Waals surface area (Å²) in [4.78, 5) is 0.139. The highest BCUT2D eigenvalue weighted by Crippen LogP contribution is 2.36. The molecule has 0 unspecified atom stereocenters. The van der Waals surface area contributed by atoms with Crippen molar-refractivity contribution in [3.05, 3.63) is 29.8 Å². The molecule has 0 aliphatic rings. The molecule has 9 heteroatoms. The molecule has 0 spiro atoms. The Labute approximate surface area is 120 Å². The summed E-state index contributed by atoms with van der Waals surface area (Å²) in [5, 5.41) is 2.99. The number of nitrogens with one attached hydrogen (secondary N) is 2. The number of halogens is 3. The van der Waals surface area contributed by atoms with E-state index in [4.69, 9.17) is 0 Å². The van der Waals surface area contributed by atoms with Crippen LogP contribution < -0.4 is 10.0 Å².